The van der Waals surface area contributed by atoms with Crippen LogP contribution >= 0.6 is 11.6 Å². The Bertz CT molecular complexity index is 1060. The molecule has 0 saturated carbocycles. The molecule has 2 aromatic carbocycles. The maximum absolute atomic E-state index is 13.4. The third-order valence-electron chi connectivity index (χ3n) is 5.02. The molecule has 0 spiro atoms. The molecule has 1 fully saturated rings. The summed E-state index contributed by atoms with van der Waals surface area (Å²) in [5.74, 6) is -0.0292. The van der Waals surface area contributed by atoms with Gasteiger partial charge in [0.2, 0.25) is 10.0 Å². The maximum atomic E-state index is 13.4. The topological polar surface area (TPSA) is 53.2 Å². The molecule has 7 heteroatoms. The summed E-state index contributed by atoms with van der Waals surface area (Å²) < 4.78 is 40.5. The van der Waals surface area contributed by atoms with Gasteiger partial charge in [0, 0.05) is 30.2 Å². The minimum Gasteiger partial charge on any atom is -0.361 e. The largest absolute Gasteiger partial charge is 0.361 e. The first-order valence-electron chi connectivity index (χ1n) is 8.48. The number of hydrogen-bond donors (Lipinski definition) is 1. The van der Waals surface area contributed by atoms with Crippen molar-refractivity contribution in [3.05, 3.63) is 65.1 Å². The predicted octanol–water partition coefficient (Wildman–Crippen LogP) is 4.53. The zero-order valence-electron chi connectivity index (χ0n) is 14.0. The number of nitrogens with zero attached hydrogens (tertiary/aromatic N) is 1. The summed E-state index contributed by atoms with van der Waals surface area (Å²) in [7, 11) is -3.59. The van der Waals surface area contributed by atoms with Gasteiger partial charge in [-0.2, -0.15) is 4.31 Å². The van der Waals surface area contributed by atoms with Crippen molar-refractivity contribution in [2.45, 2.75) is 23.7 Å². The number of aromatic nitrogens is 1. The second-order valence-corrected chi connectivity index (χ2v) is 8.86. The zero-order chi connectivity index (χ0) is 18.3. The molecule has 1 aliphatic rings. The Kier molecular flexibility index (Phi) is 4.50. The molecule has 3 aromatic rings. The molecule has 0 amide bonds. The Labute approximate surface area is 156 Å². The number of aromatic amines is 1. The summed E-state index contributed by atoms with van der Waals surface area (Å²) in [6.45, 7) is 0.873. The number of halogens is 2. The van der Waals surface area contributed by atoms with E-state index in [2.05, 4.69) is 4.98 Å². The summed E-state index contributed by atoms with van der Waals surface area (Å²) in [4.78, 5) is 3.27. The van der Waals surface area contributed by atoms with Crippen LogP contribution < -0.4 is 0 Å². The number of piperidine rings is 1. The van der Waals surface area contributed by atoms with E-state index in [-0.39, 0.29) is 21.7 Å². The normalized spacial score (nSPS) is 17.0. The van der Waals surface area contributed by atoms with Crippen LogP contribution in [0.5, 0.6) is 0 Å². The number of nitrogens with one attached hydrogen (secondary N) is 1. The Balaban J connectivity index is 1.54. The number of sulfonamides is 1. The van der Waals surface area contributed by atoms with E-state index in [0.29, 0.717) is 25.9 Å². The molecule has 4 nitrogen and oxygen atoms in total. The highest BCUT2D eigenvalue weighted by Crippen LogP contribution is 2.35. The van der Waals surface area contributed by atoms with E-state index in [0.717, 1.165) is 16.5 Å². The molecule has 2 heterocycles. The first-order valence-corrected chi connectivity index (χ1v) is 10.3. The van der Waals surface area contributed by atoms with Crippen molar-refractivity contribution < 1.29 is 12.8 Å². The van der Waals surface area contributed by atoms with E-state index in [4.69, 9.17) is 11.6 Å². The molecule has 1 aliphatic heterocycles. The molecule has 26 heavy (non-hydrogen) atoms. The Hall–Kier alpha value is -1.89. The second kappa shape index (κ2) is 6.68. The summed E-state index contributed by atoms with van der Waals surface area (Å²) in [6, 6.07) is 11.2. The third-order valence-corrected chi connectivity index (χ3v) is 7.42. The van der Waals surface area contributed by atoms with Crippen molar-refractivity contribution in [3.8, 4) is 0 Å². The highest BCUT2D eigenvalue weighted by Gasteiger charge is 2.31. The van der Waals surface area contributed by atoms with Gasteiger partial charge < -0.3 is 4.98 Å². The zero-order valence-corrected chi connectivity index (χ0v) is 15.5. The minimum atomic E-state index is -3.59. The van der Waals surface area contributed by atoms with Gasteiger partial charge in [-0.25, -0.2) is 12.8 Å². The second-order valence-electron chi connectivity index (χ2n) is 6.54. The smallest absolute Gasteiger partial charge is 0.244 e. The fourth-order valence-corrected chi connectivity index (χ4v) is 5.62. The minimum absolute atomic E-state index is 0.155. The molecule has 1 N–H and O–H groups in total. The van der Waals surface area contributed by atoms with Crippen LogP contribution in [-0.4, -0.2) is 30.8 Å². The summed E-state index contributed by atoms with van der Waals surface area (Å²) in [5.41, 5.74) is 1.89. The predicted molar refractivity (Wildman–Crippen MR) is 100 cm³/mol. The van der Waals surface area contributed by atoms with Crippen LogP contribution in [0, 0.1) is 5.82 Å². The lowest BCUT2D eigenvalue weighted by atomic mass is 9.90. The van der Waals surface area contributed by atoms with Gasteiger partial charge in [0.1, 0.15) is 10.7 Å². The van der Waals surface area contributed by atoms with E-state index in [1.165, 1.54) is 22.5 Å². The Morgan fingerprint density at radius 1 is 1.12 bits per heavy atom. The van der Waals surface area contributed by atoms with Crippen LogP contribution in [0.2, 0.25) is 5.02 Å². The fourth-order valence-electron chi connectivity index (χ4n) is 3.66. The van der Waals surface area contributed by atoms with Crippen LogP contribution in [0.3, 0.4) is 0 Å². The first-order chi connectivity index (χ1) is 12.5. The number of fused-ring (bicyclic) bond motifs is 1. The molecular formula is C19H18ClFN2O2S. The van der Waals surface area contributed by atoms with Gasteiger partial charge in [-0.15, -0.1) is 0 Å². The summed E-state index contributed by atoms with van der Waals surface area (Å²) in [5, 5.41) is 1.24. The average molecular weight is 393 g/mol. The van der Waals surface area contributed by atoms with Crippen LogP contribution in [0.4, 0.5) is 4.39 Å². The van der Waals surface area contributed by atoms with Gasteiger partial charge in [0.15, 0.2) is 0 Å². The number of H-pyrrole nitrogens is 1. The van der Waals surface area contributed by atoms with Gasteiger partial charge in [-0.05, 0) is 54.7 Å². The van der Waals surface area contributed by atoms with Crippen molar-refractivity contribution in [1.29, 1.82) is 0 Å². The van der Waals surface area contributed by atoms with Gasteiger partial charge in [0.05, 0.1) is 5.02 Å². The number of rotatable bonds is 3. The maximum Gasteiger partial charge on any atom is 0.244 e. The molecule has 0 atom stereocenters. The molecule has 0 bridgehead atoms. The average Bonchev–Trinajstić information content (AvgIpc) is 3.05. The highest BCUT2D eigenvalue weighted by molar-refractivity contribution is 7.89. The lowest BCUT2D eigenvalue weighted by Crippen LogP contribution is -2.38. The van der Waals surface area contributed by atoms with E-state index in [9.17, 15) is 12.8 Å². The molecule has 1 aromatic heterocycles. The molecular weight excluding hydrogens is 375 g/mol. The van der Waals surface area contributed by atoms with Crippen molar-refractivity contribution in [1.82, 2.24) is 9.29 Å². The molecule has 4 rings (SSSR count). The van der Waals surface area contributed by atoms with E-state index in [1.54, 1.807) is 24.3 Å². The number of benzene rings is 2. The fraction of sp³-hybridized carbons (Fsp3) is 0.263. The summed E-state index contributed by atoms with van der Waals surface area (Å²) >= 11 is 6.08. The molecule has 0 aliphatic carbocycles. The molecule has 0 radical (unpaired) electrons. The van der Waals surface area contributed by atoms with Crippen LogP contribution in [-0.2, 0) is 10.0 Å². The number of hydrogen-bond acceptors (Lipinski definition) is 2. The molecule has 1 saturated heterocycles. The quantitative estimate of drug-likeness (QED) is 0.712. The lowest BCUT2D eigenvalue weighted by molar-refractivity contribution is 0.320. The van der Waals surface area contributed by atoms with Crippen molar-refractivity contribution in [2.75, 3.05) is 13.1 Å². The first kappa shape index (κ1) is 17.5. The monoisotopic (exact) mass is 392 g/mol. The molecule has 136 valence electrons. The highest BCUT2D eigenvalue weighted by atomic mass is 35.5. The van der Waals surface area contributed by atoms with Crippen molar-refractivity contribution in [2.24, 2.45) is 0 Å². The molecule has 0 unspecified atom stereocenters. The van der Waals surface area contributed by atoms with Crippen LogP contribution in [0.25, 0.3) is 10.9 Å². The van der Waals surface area contributed by atoms with Gasteiger partial charge >= 0.3 is 0 Å². The van der Waals surface area contributed by atoms with Crippen LogP contribution in [0.1, 0.15) is 24.3 Å². The standard InChI is InChI=1S/C19H18ClFN2O2S/c20-17-3-1-2-4-19(17)26(24,25)23-9-7-13(8-10-23)16-12-22-18-11-14(21)5-6-15(16)18/h1-6,11-13,22H,7-10H2. The van der Waals surface area contributed by atoms with E-state index in [1.807, 2.05) is 6.20 Å². The van der Waals surface area contributed by atoms with Gasteiger partial charge in [0.25, 0.3) is 0 Å². The van der Waals surface area contributed by atoms with Crippen molar-refractivity contribution >= 4 is 32.5 Å². The van der Waals surface area contributed by atoms with Crippen LogP contribution in [0.15, 0.2) is 53.6 Å². The van der Waals surface area contributed by atoms with E-state index < -0.39 is 10.0 Å². The van der Waals surface area contributed by atoms with Gasteiger partial charge in [-0.1, -0.05) is 23.7 Å². The summed E-state index contributed by atoms with van der Waals surface area (Å²) in [6.07, 6.45) is 3.34. The lowest BCUT2D eigenvalue weighted by Gasteiger charge is -2.31. The van der Waals surface area contributed by atoms with Gasteiger partial charge in [-0.3, -0.25) is 0 Å². The Morgan fingerprint density at radius 3 is 2.58 bits per heavy atom. The Morgan fingerprint density at radius 2 is 1.85 bits per heavy atom. The SMILES string of the molecule is O=S(=O)(c1ccccc1Cl)N1CCC(c2c[nH]c3cc(F)ccc23)CC1. The third kappa shape index (κ3) is 3.02. The van der Waals surface area contributed by atoms with E-state index >= 15 is 0 Å². The van der Waals surface area contributed by atoms with Crippen molar-refractivity contribution in [3.63, 3.8) is 0 Å².